The number of nitrogens with one attached hydrogen (secondary N) is 1. The van der Waals surface area contributed by atoms with Crippen LogP contribution in [-0.2, 0) is 9.53 Å². The van der Waals surface area contributed by atoms with Crippen LogP contribution in [0.3, 0.4) is 0 Å². The van der Waals surface area contributed by atoms with Gasteiger partial charge in [-0.05, 0) is 34.5 Å². The Morgan fingerprint density at radius 1 is 1.19 bits per heavy atom. The zero-order valence-corrected chi connectivity index (χ0v) is 13.6. The standard InChI is InChI=1S/C21H23NO4/c1-13(2)11-19(20(23)24)22-21(25)26-12-18-16-9-5-3-7-14(16)15-8-4-6-10-17(15)18/h3-10,13,18-19H,11-12H2,1-2H3,(H,22,25)(H,23,24)/t19-/m1/s1/i1D3,2D3,11D2,13D,19D. The van der Waals surface area contributed by atoms with Crippen LogP contribution in [0.4, 0.5) is 4.79 Å². The van der Waals surface area contributed by atoms with Crippen molar-refractivity contribution in [1.82, 2.24) is 5.32 Å². The molecular weight excluding hydrogens is 330 g/mol. The first-order chi connectivity index (χ1) is 16.4. The molecule has 1 aliphatic carbocycles. The fourth-order valence-electron chi connectivity index (χ4n) is 3.00. The minimum atomic E-state index is -4.14. The highest BCUT2D eigenvalue weighted by molar-refractivity contribution is 5.81. The third kappa shape index (κ3) is 3.72. The van der Waals surface area contributed by atoms with Gasteiger partial charge in [0.2, 0.25) is 0 Å². The van der Waals surface area contributed by atoms with Crippen LogP contribution in [0.2, 0.25) is 0 Å². The van der Waals surface area contributed by atoms with Crippen molar-refractivity contribution in [3.8, 4) is 11.1 Å². The third-order valence-corrected chi connectivity index (χ3v) is 4.03. The molecule has 0 fully saturated rings. The largest absolute Gasteiger partial charge is 0.480 e. The minimum absolute atomic E-state index is 0.344. The molecule has 5 nitrogen and oxygen atoms in total. The number of amides is 1. The van der Waals surface area contributed by atoms with E-state index in [1.807, 2.05) is 36.4 Å². The van der Waals surface area contributed by atoms with E-state index in [-0.39, 0.29) is 6.61 Å². The number of benzene rings is 2. The second-order valence-electron chi connectivity index (χ2n) is 5.63. The molecule has 0 bridgehead atoms. The van der Waals surface area contributed by atoms with E-state index in [2.05, 4.69) is 0 Å². The molecule has 2 N–H and O–H groups in total. The molecular formula is C21H23NO4. The number of carbonyl (C=O) groups is 2. The molecule has 26 heavy (non-hydrogen) atoms. The molecule has 5 heteroatoms. The van der Waals surface area contributed by atoms with Crippen LogP contribution in [0.1, 0.15) is 50.8 Å². The van der Waals surface area contributed by atoms with Crippen LogP contribution in [0, 0.1) is 5.89 Å². The fraction of sp³-hybridized carbons (Fsp3) is 0.333. The van der Waals surface area contributed by atoms with E-state index in [4.69, 9.17) is 18.4 Å². The number of carbonyl (C=O) groups excluding carboxylic acids is 1. The molecule has 1 amide bonds. The van der Waals surface area contributed by atoms with Crippen molar-refractivity contribution in [1.29, 1.82) is 0 Å². The maximum Gasteiger partial charge on any atom is 0.407 e. The Bertz CT molecular complexity index is 1120. The van der Waals surface area contributed by atoms with Gasteiger partial charge in [-0.2, -0.15) is 0 Å². The zero-order chi connectivity index (χ0) is 27.3. The van der Waals surface area contributed by atoms with Crippen LogP contribution in [-0.4, -0.2) is 29.8 Å². The van der Waals surface area contributed by atoms with Gasteiger partial charge in [-0.3, -0.25) is 0 Å². The molecule has 136 valence electrons. The number of alkyl carbamates (subject to hydrolysis) is 1. The molecule has 3 rings (SSSR count). The molecule has 0 aromatic heterocycles. The number of hydrogen-bond donors (Lipinski definition) is 2. The molecule has 2 aromatic rings. The number of rotatable bonds is 6. The van der Waals surface area contributed by atoms with Crippen molar-refractivity contribution in [2.24, 2.45) is 5.89 Å². The molecule has 1 aliphatic rings. The maximum atomic E-state index is 12.6. The van der Waals surface area contributed by atoms with Crippen LogP contribution >= 0.6 is 0 Å². The molecule has 1 atom stereocenters. The lowest BCUT2D eigenvalue weighted by Crippen LogP contribution is -2.42. The van der Waals surface area contributed by atoms with Crippen molar-refractivity contribution in [2.75, 3.05) is 6.61 Å². The highest BCUT2D eigenvalue weighted by atomic mass is 16.5. The highest BCUT2D eigenvalue weighted by Crippen LogP contribution is 2.44. The molecule has 0 unspecified atom stereocenters. The van der Waals surface area contributed by atoms with Gasteiger partial charge in [-0.25, -0.2) is 9.59 Å². The molecule has 2 aromatic carbocycles. The van der Waals surface area contributed by atoms with Crippen molar-refractivity contribution in [3.05, 3.63) is 59.7 Å². The number of hydrogen-bond acceptors (Lipinski definition) is 3. The summed E-state index contributed by atoms with van der Waals surface area (Å²) < 4.78 is 82.2. The number of carboxylic acids is 1. The van der Waals surface area contributed by atoms with Crippen LogP contribution in [0.5, 0.6) is 0 Å². The topological polar surface area (TPSA) is 75.6 Å². The van der Waals surface area contributed by atoms with Gasteiger partial charge in [0.05, 0.1) is 1.37 Å². The Kier molecular flexibility index (Phi) is 2.69. The molecule has 0 aliphatic heterocycles. The van der Waals surface area contributed by atoms with Gasteiger partial charge in [0, 0.05) is 18.3 Å². The lowest BCUT2D eigenvalue weighted by Gasteiger charge is -2.18. The summed E-state index contributed by atoms with van der Waals surface area (Å²) in [6, 6.07) is 10.7. The van der Waals surface area contributed by atoms with Crippen molar-refractivity contribution in [2.45, 2.75) is 32.0 Å². The van der Waals surface area contributed by atoms with Gasteiger partial charge < -0.3 is 15.2 Å². The first kappa shape index (κ1) is 9.21. The smallest absolute Gasteiger partial charge is 0.407 e. The lowest BCUT2D eigenvalue weighted by molar-refractivity contribution is -0.139. The second kappa shape index (κ2) is 7.60. The predicted molar refractivity (Wildman–Crippen MR) is 99.1 cm³/mol. The van der Waals surface area contributed by atoms with E-state index in [1.165, 1.54) is 5.32 Å². The molecule has 0 spiro atoms. The monoisotopic (exact) mass is 363 g/mol. The summed E-state index contributed by atoms with van der Waals surface area (Å²) in [5, 5.41) is 11.1. The van der Waals surface area contributed by atoms with Crippen LogP contribution in [0.15, 0.2) is 48.5 Å². The van der Waals surface area contributed by atoms with E-state index in [0.29, 0.717) is 0 Å². The normalized spacial score (nSPS) is 22.6. The molecule has 0 saturated heterocycles. The SMILES string of the molecule is [2H]C([2H])([2H])C([2H])(C([2H])([2H])[2H])C([2H])([2H])[C@@]([2H])(NC(=O)OCC1c2ccccc2-c2ccccc21)C(=O)O. The summed E-state index contributed by atoms with van der Waals surface area (Å²) in [5.74, 6) is -6.97. The zero-order valence-electron chi connectivity index (χ0n) is 23.6. The first-order valence-electron chi connectivity index (χ1n) is 12.8. The first-order valence-corrected chi connectivity index (χ1v) is 7.76. The summed E-state index contributed by atoms with van der Waals surface area (Å²) in [7, 11) is 0. The predicted octanol–water partition coefficient (Wildman–Crippen LogP) is 4.02. The van der Waals surface area contributed by atoms with Crippen LogP contribution in [0.25, 0.3) is 11.1 Å². The maximum absolute atomic E-state index is 12.6. The quantitative estimate of drug-likeness (QED) is 0.813. The van der Waals surface area contributed by atoms with Gasteiger partial charge in [0.15, 0.2) is 0 Å². The van der Waals surface area contributed by atoms with E-state index in [1.54, 1.807) is 12.1 Å². The number of fused-ring (bicyclic) bond motifs is 3. The van der Waals surface area contributed by atoms with Crippen molar-refractivity contribution >= 4 is 12.1 Å². The van der Waals surface area contributed by atoms with Crippen molar-refractivity contribution < 1.29 is 33.1 Å². The molecule has 0 heterocycles. The van der Waals surface area contributed by atoms with E-state index in [0.717, 1.165) is 22.3 Å². The summed E-state index contributed by atoms with van der Waals surface area (Å²) in [4.78, 5) is 24.5. The summed E-state index contributed by atoms with van der Waals surface area (Å²) in [5.41, 5.74) is 3.42. The average Bonchev–Trinajstić information content (AvgIpc) is 3.09. The lowest BCUT2D eigenvalue weighted by atomic mass is 9.98. The Morgan fingerprint density at radius 3 is 2.31 bits per heavy atom. The number of ether oxygens (including phenoxy) is 1. The summed E-state index contributed by atoms with van der Waals surface area (Å²) >= 11 is 0. The van der Waals surface area contributed by atoms with Gasteiger partial charge in [-0.1, -0.05) is 62.2 Å². The van der Waals surface area contributed by atoms with Crippen molar-refractivity contribution in [3.63, 3.8) is 0 Å². The van der Waals surface area contributed by atoms with Gasteiger partial charge in [0.25, 0.3) is 0 Å². The Labute approximate surface area is 167 Å². The minimum Gasteiger partial charge on any atom is -0.480 e. The third-order valence-electron chi connectivity index (χ3n) is 4.03. The van der Waals surface area contributed by atoms with Gasteiger partial charge in [-0.15, -0.1) is 0 Å². The van der Waals surface area contributed by atoms with Gasteiger partial charge >= 0.3 is 12.1 Å². The second-order valence-corrected chi connectivity index (χ2v) is 5.63. The summed E-state index contributed by atoms with van der Waals surface area (Å²) in [6.45, 7) is -8.14. The molecule has 0 saturated carbocycles. The van der Waals surface area contributed by atoms with E-state index in [9.17, 15) is 14.7 Å². The molecule has 0 radical (unpaired) electrons. The summed E-state index contributed by atoms with van der Waals surface area (Å²) in [6.07, 6.45) is -5.75. The highest BCUT2D eigenvalue weighted by Gasteiger charge is 2.29. The number of aliphatic carboxylic acids is 1. The Morgan fingerprint density at radius 2 is 1.77 bits per heavy atom. The average molecular weight is 363 g/mol. The van der Waals surface area contributed by atoms with Gasteiger partial charge in [0.1, 0.15) is 12.6 Å². The van der Waals surface area contributed by atoms with Crippen LogP contribution < -0.4 is 5.32 Å². The Hall–Kier alpha value is -2.82. The number of carboxylic acid groups (broad SMARTS) is 1. The van der Waals surface area contributed by atoms with E-state index < -0.39 is 50.0 Å². The fourth-order valence-corrected chi connectivity index (χ4v) is 3.00. The Balaban J connectivity index is 1.90. The van der Waals surface area contributed by atoms with E-state index >= 15 is 0 Å².